The van der Waals surface area contributed by atoms with E-state index in [0.717, 1.165) is 23.8 Å². The molecule has 1 aliphatic heterocycles. The molecule has 1 fully saturated rings. The number of unbranched alkanes of at least 4 members (excludes halogenated alkanes) is 12. The van der Waals surface area contributed by atoms with Gasteiger partial charge in [-0.1, -0.05) is 84.0 Å². The van der Waals surface area contributed by atoms with Crippen molar-refractivity contribution in [3.8, 4) is 0 Å². The molecule has 5 N–H and O–H groups in total. The smallest absolute Gasteiger partial charge is 0.463 e. The third-order valence-corrected chi connectivity index (χ3v) is 8.07. The van der Waals surface area contributed by atoms with Crippen LogP contribution < -0.4 is 11.4 Å². The third-order valence-electron chi connectivity index (χ3n) is 7.12. The summed E-state index contributed by atoms with van der Waals surface area (Å²) in [4.78, 5) is 37.4. The molecule has 0 aromatic carbocycles. The molecular weight excluding hydrogens is 569 g/mol. The van der Waals surface area contributed by atoms with Gasteiger partial charge < -0.3 is 30.3 Å². The second-order valence-electron chi connectivity index (χ2n) is 10.9. The Kier molecular flexibility index (Phi) is 17.4. The molecular formula is C28H50N3O10P. The van der Waals surface area contributed by atoms with Crippen LogP contribution in [0.3, 0.4) is 0 Å². The van der Waals surface area contributed by atoms with Gasteiger partial charge in [-0.15, -0.1) is 0 Å². The lowest BCUT2D eigenvalue weighted by Gasteiger charge is -2.19. The Balaban J connectivity index is 1.50. The predicted molar refractivity (Wildman–Crippen MR) is 156 cm³/mol. The van der Waals surface area contributed by atoms with Crippen molar-refractivity contribution < 1.29 is 43.0 Å². The maximum absolute atomic E-state index is 12.2. The molecule has 0 amide bonds. The first kappa shape index (κ1) is 36.3. The first-order valence-corrected chi connectivity index (χ1v) is 16.7. The van der Waals surface area contributed by atoms with E-state index < -0.39 is 57.2 Å². The number of carbonyl (C=O) groups is 1. The lowest BCUT2D eigenvalue weighted by molar-refractivity contribution is -0.147. The summed E-state index contributed by atoms with van der Waals surface area (Å²) in [6.45, 7) is 0.735. The molecule has 0 saturated carbocycles. The fourth-order valence-electron chi connectivity index (χ4n) is 4.66. The number of hydrogen-bond acceptors (Lipinski definition) is 11. The molecule has 5 atom stereocenters. The molecule has 2 heterocycles. The molecule has 0 bridgehead atoms. The van der Waals surface area contributed by atoms with Crippen LogP contribution in [0.15, 0.2) is 17.1 Å². The van der Waals surface area contributed by atoms with Crippen LogP contribution in [-0.2, 0) is 27.9 Å². The SMILES string of the molecule is CCCCCCCCCCCCCCCC(=O)OC[C@@H](O)COP(=O)(O)OC[C@H]1O[C@@H](n2ccc(N)nc2=O)C[C@@H]1O. The van der Waals surface area contributed by atoms with E-state index in [1.807, 2.05) is 0 Å². The van der Waals surface area contributed by atoms with Gasteiger partial charge in [-0.3, -0.25) is 18.4 Å². The van der Waals surface area contributed by atoms with Crippen molar-refractivity contribution in [2.45, 2.75) is 128 Å². The number of phosphoric acid groups is 1. The zero-order valence-electron chi connectivity index (χ0n) is 24.8. The first-order valence-electron chi connectivity index (χ1n) is 15.2. The number of rotatable bonds is 23. The molecule has 2 rings (SSSR count). The number of nitrogen functional groups attached to an aromatic ring is 1. The molecule has 0 aliphatic carbocycles. The normalized spacial score (nSPS) is 20.8. The molecule has 1 saturated heterocycles. The van der Waals surface area contributed by atoms with Crippen LogP contribution in [0.2, 0.25) is 0 Å². The number of phosphoric ester groups is 1. The van der Waals surface area contributed by atoms with Gasteiger partial charge in [0.1, 0.15) is 30.9 Å². The number of aliphatic hydroxyl groups excluding tert-OH is 2. The van der Waals surface area contributed by atoms with Gasteiger partial charge in [-0.2, -0.15) is 4.98 Å². The van der Waals surface area contributed by atoms with Crippen molar-refractivity contribution in [2.24, 2.45) is 0 Å². The Bertz CT molecular complexity index is 1010. The highest BCUT2D eigenvalue weighted by molar-refractivity contribution is 7.47. The Morgan fingerprint density at radius 2 is 1.67 bits per heavy atom. The van der Waals surface area contributed by atoms with E-state index >= 15 is 0 Å². The summed E-state index contributed by atoms with van der Waals surface area (Å²) in [6, 6.07) is 1.40. The zero-order valence-corrected chi connectivity index (χ0v) is 25.7. The maximum Gasteiger partial charge on any atom is 0.472 e. The van der Waals surface area contributed by atoms with Crippen LogP contribution in [0.1, 0.15) is 109 Å². The minimum absolute atomic E-state index is 0.0273. The molecule has 1 unspecified atom stereocenters. The topological polar surface area (TPSA) is 193 Å². The summed E-state index contributed by atoms with van der Waals surface area (Å²) in [5, 5.41) is 20.2. The van der Waals surface area contributed by atoms with Gasteiger partial charge in [0.2, 0.25) is 0 Å². The number of anilines is 1. The highest BCUT2D eigenvalue weighted by atomic mass is 31.2. The minimum atomic E-state index is -4.61. The monoisotopic (exact) mass is 619 g/mol. The minimum Gasteiger partial charge on any atom is -0.463 e. The van der Waals surface area contributed by atoms with Crippen molar-refractivity contribution in [3.05, 3.63) is 22.7 Å². The van der Waals surface area contributed by atoms with Gasteiger partial charge >= 0.3 is 19.5 Å². The van der Waals surface area contributed by atoms with Crippen molar-refractivity contribution in [1.29, 1.82) is 0 Å². The number of nitrogens with two attached hydrogens (primary N) is 1. The molecule has 0 radical (unpaired) electrons. The van der Waals surface area contributed by atoms with Crippen LogP contribution >= 0.6 is 7.82 Å². The van der Waals surface area contributed by atoms with Gasteiger partial charge in [-0.05, 0) is 12.5 Å². The molecule has 1 aliphatic rings. The van der Waals surface area contributed by atoms with Gasteiger partial charge in [0.15, 0.2) is 0 Å². The first-order chi connectivity index (χ1) is 20.1. The Morgan fingerprint density at radius 1 is 1.07 bits per heavy atom. The lowest BCUT2D eigenvalue weighted by Crippen LogP contribution is -2.28. The van der Waals surface area contributed by atoms with E-state index in [2.05, 4.69) is 11.9 Å². The second-order valence-corrected chi connectivity index (χ2v) is 12.3. The van der Waals surface area contributed by atoms with Gasteiger partial charge in [0, 0.05) is 19.0 Å². The van der Waals surface area contributed by atoms with Crippen molar-refractivity contribution in [1.82, 2.24) is 9.55 Å². The van der Waals surface area contributed by atoms with Crippen molar-refractivity contribution in [3.63, 3.8) is 0 Å². The number of aromatic nitrogens is 2. The second kappa shape index (κ2) is 20.2. The standard InChI is InChI=1S/C28H50N3O10P/c1-2-3-4-5-6-7-8-9-10-11-12-13-14-15-27(34)38-19-22(32)20-39-42(36,37)40-21-24-23(33)18-26(41-24)31-17-16-25(29)30-28(31)35/h16-17,22-24,26,32-33H,2-15,18-21H2,1H3,(H,36,37)(H2,29,30,35)/t22-,23+,24-,26-/m1/s1. The number of ether oxygens (including phenoxy) is 2. The van der Waals surface area contributed by atoms with Gasteiger partial charge in [0.25, 0.3) is 0 Å². The summed E-state index contributed by atoms with van der Waals surface area (Å²) in [6.07, 6.45) is 13.0. The summed E-state index contributed by atoms with van der Waals surface area (Å²) in [5.74, 6) is -0.405. The van der Waals surface area contributed by atoms with Crippen LogP contribution in [-0.4, -0.2) is 68.8 Å². The Labute approximate surface area is 248 Å². The van der Waals surface area contributed by atoms with E-state index in [4.69, 9.17) is 24.3 Å². The highest BCUT2D eigenvalue weighted by Gasteiger charge is 2.37. The Hall–Kier alpha value is -1.86. The molecule has 0 spiro atoms. The number of esters is 1. The van der Waals surface area contributed by atoms with Gasteiger partial charge in [0.05, 0.1) is 19.3 Å². The summed E-state index contributed by atoms with van der Waals surface area (Å²) in [7, 11) is -4.61. The lowest BCUT2D eigenvalue weighted by atomic mass is 10.0. The summed E-state index contributed by atoms with van der Waals surface area (Å²) >= 11 is 0. The fourth-order valence-corrected chi connectivity index (χ4v) is 5.43. The zero-order chi connectivity index (χ0) is 30.8. The Morgan fingerprint density at radius 3 is 2.26 bits per heavy atom. The molecule has 1 aromatic rings. The fraction of sp³-hybridized carbons (Fsp3) is 0.821. The largest absolute Gasteiger partial charge is 0.472 e. The van der Waals surface area contributed by atoms with Crippen molar-refractivity contribution in [2.75, 3.05) is 25.6 Å². The summed E-state index contributed by atoms with van der Waals surface area (Å²) < 4.78 is 33.6. The van der Waals surface area contributed by atoms with Gasteiger partial charge in [-0.25, -0.2) is 9.36 Å². The van der Waals surface area contributed by atoms with E-state index in [1.54, 1.807) is 0 Å². The van der Waals surface area contributed by atoms with Crippen LogP contribution in [0.4, 0.5) is 5.82 Å². The van der Waals surface area contributed by atoms with E-state index in [9.17, 15) is 29.3 Å². The predicted octanol–water partition coefficient (Wildman–Crippen LogP) is 3.99. The molecule has 14 heteroatoms. The van der Waals surface area contributed by atoms with Crippen LogP contribution in [0, 0.1) is 0 Å². The average molecular weight is 620 g/mol. The van der Waals surface area contributed by atoms with Crippen LogP contribution in [0.5, 0.6) is 0 Å². The van der Waals surface area contributed by atoms with E-state index in [-0.39, 0.29) is 25.3 Å². The number of aliphatic hydroxyl groups is 2. The van der Waals surface area contributed by atoms with E-state index in [1.165, 1.54) is 70.1 Å². The highest BCUT2D eigenvalue weighted by Crippen LogP contribution is 2.44. The summed E-state index contributed by atoms with van der Waals surface area (Å²) in [5.41, 5.74) is 4.81. The molecule has 242 valence electrons. The number of nitrogens with zero attached hydrogens (tertiary/aromatic N) is 2. The average Bonchev–Trinajstić information content (AvgIpc) is 3.32. The van der Waals surface area contributed by atoms with Crippen molar-refractivity contribution >= 4 is 19.6 Å². The van der Waals surface area contributed by atoms with E-state index in [0.29, 0.717) is 6.42 Å². The maximum atomic E-state index is 12.2. The quantitative estimate of drug-likeness (QED) is 0.0783. The van der Waals surface area contributed by atoms with Crippen LogP contribution in [0.25, 0.3) is 0 Å². The number of hydrogen-bond donors (Lipinski definition) is 4. The molecule has 1 aromatic heterocycles. The molecule has 13 nitrogen and oxygen atoms in total. The number of carbonyl (C=O) groups excluding carboxylic acids is 1. The third kappa shape index (κ3) is 15.0. The molecule has 42 heavy (non-hydrogen) atoms.